The van der Waals surface area contributed by atoms with Crippen molar-refractivity contribution < 1.29 is 18.8 Å². The number of nitrogens with one attached hydrogen (secondary N) is 1. The van der Waals surface area contributed by atoms with Crippen LogP contribution in [0.1, 0.15) is 36.7 Å². The zero-order valence-electron chi connectivity index (χ0n) is 15.8. The summed E-state index contributed by atoms with van der Waals surface area (Å²) < 4.78 is 10.4. The normalized spacial score (nSPS) is 10.7. The van der Waals surface area contributed by atoms with Gasteiger partial charge in [-0.2, -0.15) is 0 Å². The number of carbonyl (C=O) groups excluding carboxylic acids is 2. The van der Waals surface area contributed by atoms with E-state index in [-0.39, 0.29) is 25.0 Å². The first-order chi connectivity index (χ1) is 12.3. The van der Waals surface area contributed by atoms with Crippen molar-refractivity contribution in [3.8, 4) is 5.75 Å². The van der Waals surface area contributed by atoms with E-state index in [9.17, 15) is 9.59 Å². The van der Waals surface area contributed by atoms with E-state index in [1.807, 2.05) is 25.1 Å². The number of aromatic nitrogens is 1. The van der Waals surface area contributed by atoms with Gasteiger partial charge in [0.05, 0.1) is 6.54 Å². The van der Waals surface area contributed by atoms with Gasteiger partial charge >= 0.3 is 0 Å². The van der Waals surface area contributed by atoms with E-state index in [1.54, 1.807) is 20.0 Å². The molecule has 0 saturated carbocycles. The average Bonchev–Trinajstić information content (AvgIpc) is 2.96. The molecule has 0 bridgehead atoms. The van der Waals surface area contributed by atoms with Crippen LogP contribution in [0.15, 0.2) is 28.8 Å². The Morgan fingerprint density at radius 1 is 1.27 bits per heavy atom. The second-order valence-corrected chi connectivity index (χ2v) is 6.58. The Bertz CT molecular complexity index is 783. The van der Waals surface area contributed by atoms with Crippen molar-refractivity contribution >= 4 is 17.6 Å². The first kappa shape index (κ1) is 19.5. The first-order valence-corrected chi connectivity index (χ1v) is 8.46. The summed E-state index contributed by atoms with van der Waals surface area (Å²) in [5.41, 5.74) is 2.38. The summed E-state index contributed by atoms with van der Waals surface area (Å²) in [6.45, 7) is 7.78. The van der Waals surface area contributed by atoms with E-state index in [0.29, 0.717) is 23.2 Å². The number of ether oxygens (including phenoxy) is 1. The van der Waals surface area contributed by atoms with Gasteiger partial charge in [-0.3, -0.25) is 9.59 Å². The molecule has 7 heteroatoms. The molecule has 2 rings (SSSR count). The molecule has 7 nitrogen and oxygen atoms in total. The molecule has 0 saturated heterocycles. The molecule has 0 aliphatic carbocycles. The summed E-state index contributed by atoms with van der Waals surface area (Å²) in [6, 6.07) is 7.39. The number of anilines is 1. The van der Waals surface area contributed by atoms with Crippen LogP contribution in [0.4, 0.5) is 5.82 Å². The standard InChI is InChI=1S/C19H25N3O4/c1-12(2)16-7-6-15(8-13(16)3)25-11-19(24)22(5)10-18(23)20-17-9-14(4)26-21-17/h6-9,12H,10-11H2,1-5H3,(H,20,21,23). The van der Waals surface area contributed by atoms with Crippen molar-refractivity contribution in [1.82, 2.24) is 10.1 Å². The highest BCUT2D eigenvalue weighted by Crippen LogP contribution is 2.23. The Kier molecular flexibility index (Phi) is 6.38. The predicted molar refractivity (Wildman–Crippen MR) is 98.3 cm³/mol. The molecule has 2 aromatic rings. The number of rotatable bonds is 7. The molecule has 0 aliphatic rings. The highest BCUT2D eigenvalue weighted by molar-refractivity contribution is 5.93. The van der Waals surface area contributed by atoms with Gasteiger partial charge in [0, 0.05) is 13.1 Å². The van der Waals surface area contributed by atoms with Crippen LogP contribution in [0, 0.1) is 13.8 Å². The minimum atomic E-state index is -0.355. The van der Waals surface area contributed by atoms with Gasteiger partial charge in [-0.15, -0.1) is 0 Å². The molecule has 0 unspecified atom stereocenters. The Labute approximate surface area is 153 Å². The van der Waals surface area contributed by atoms with E-state index in [1.165, 1.54) is 10.5 Å². The Hall–Kier alpha value is -2.83. The fraction of sp³-hybridized carbons (Fsp3) is 0.421. The molecule has 140 valence electrons. The van der Waals surface area contributed by atoms with Crippen LogP contribution in [0.25, 0.3) is 0 Å². The maximum absolute atomic E-state index is 12.2. The van der Waals surface area contributed by atoms with Gasteiger partial charge in [-0.05, 0) is 43.0 Å². The predicted octanol–water partition coefficient (Wildman–Crippen LogP) is 2.89. The number of nitrogens with zero attached hydrogens (tertiary/aromatic N) is 2. The minimum absolute atomic E-state index is 0.0978. The van der Waals surface area contributed by atoms with Crippen LogP contribution in [0.5, 0.6) is 5.75 Å². The van der Waals surface area contributed by atoms with E-state index in [2.05, 4.69) is 24.3 Å². The van der Waals surface area contributed by atoms with E-state index in [4.69, 9.17) is 9.26 Å². The molecule has 0 radical (unpaired) electrons. The van der Waals surface area contributed by atoms with E-state index < -0.39 is 0 Å². The van der Waals surface area contributed by atoms with Crippen molar-refractivity contribution in [2.75, 3.05) is 25.5 Å². The fourth-order valence-electron chi connectivity index (χ4n) is 2.55. The highest BCUT2D eigenvalue weighted by atomic mass is 16.5. The molecule has 1 aromatic carbocycles. The Balaban J connectivity index is 1.83. The van der Waals surface area contributed by atoms with Crippen LogP contribution in [0.2, 0.25) is 0 Å². The maximum Gasteiger partial charge on any atom is 0.260 e. The second-order valence-electron chi connectivity index (χ2n) is 6.58. The van der Waals surface area contributed by atoms with Crippen LogP contribution in [-0.4, -0.2) is 42.1 Å². The molecule has 1 N–H and O–H groups in total. The summed E-state index contributed by atoms with van der Waals surface area (Å²) in [4.78, 5) is 25.4. The van der Waals surface area contributed by atoms with Crippen LogP contribution in [0.3, 0.4) is 0 Å². The number of benzene rings is 1. The molecule has 1 heterocycles. The smallest absolute Gasteiger partial charge is 0.260 e. The molecule has 0 atom stereocenters. The molecule has 0 aliphatic heterocycles. The summed E-state index contributed by atoms with van der Waals surface area (Å²) in [5.74, 6) is 1.34. The zero-order chi connectivity index (χ0) is 19.3. The largest absolute Gasteiger partial charge is 0.484 e. The highest BCUT2D eigenvalue weighted by Gasteiger charge is 2.15. The van der Waals surface area contributed by atoms with Crippen molar-refractivity contribution in [3.05, 3.63) is 41.2 Å². The van der Waals surface area contributed by atoms with Gasteiger partial charge in [-0.25, -0.2) is 0 Å². The molecular formula is C19H25N3O4. The van der Waals surface area contributed by atoms with E-state index >= 15 is 0 Å². The number of hydrogen-bond donors (Lipinski definition) is 1. The lowest BCUT2D eigenvalue weighted by atomic mass is 9.98. The topological polar surface area (TPSA) is 84.7 Å². The maximum atomic E-state index is 12.2. The third-order valence-corrected chi connectivity index (χ3v) is 3.93. The van der Waals surface area contributed by atoms with Crippen molar-refractivity contribution in [2.24, 2.45) is 0 Å². The third kappa shape index (κ3) is 5.34. The fourth-order valence-corrected chi connectivity index (χ4v) is 2.55. The number of aryl methyl sites for hydroxylation is 2. The second kappa shape index (κ2) is 8.51. The SMILES string of the molecule is Cc1cc(NC(=O)CN(C)C(=O)COc2ccc(C(C)C)c(C)c2)no1. The van der Waals surface area contributed by atoms with Crippen molar-refractivity contribution in [3.63, 3.8) is 0 Å². The molecule has 0 fully saturated rings. The van der Waals surface area contributed by atoms with Crippen LogP contribution < -0.4 is 10.1 Å². The van der Waals surface area contributed by atoms with Gasteiger partial charge in [0.25, 0.3) is 5.91 Å². The van der Waals surface area contributed by atoms with Crippen LogP contribution >= 0.6 is 0 Å². The molecule has 0 spiro atoms. The summed E-state index contributed by atoms with van der Waals surface area (Å²) in [5, 5.41) is 6.24. The number of likely N-dealkylation sites (N-methyl/N-ethyl adjacent to an activating group) is 1. The Morgan fingerprint density at radius 2 is 2.00 bits per heavy atom. The summed E-state index contributed by atoms with van der Waals surface area (Å²) in [6.07, 6.45) is 0. The molecule has 1 aromatic heterocycles. The van der Waals surface area contributed by atoms with Gasteiger partial charge in [0.1, 0.15) is 11.5 Å². The van der Waals surface area contributed by atoms with Crippen molar-refractivity contribution in [1.29, 1.82) is 0 Å². The quantitative estimate of drug-likeness (QED) is 0.822. The van der Waals surface area contributed by atoms with Gasteiger partial charge in [0.15, 0.2) is 12.4 Å². The van der Waals surface area contributed by atoms with Crippen molar-refractivity contribution in [2.45, 2.75) is 33.6 Å². The molecular weight excluding hydrogens is 334 g/mol. The van der Waals surface area contributed by atoms with Gasteiger partial charge in [0.2, 0.25) is 5.91 Å². The third-order valence-electron chi connectivity index (χ3n) is 3.93. The number of carbonyl (C=O) groups is 2. The first-order valence-electron chi connectivity index (χ1n) is 8.46. The minimum Gasteiger partial charge on any atom is -0.484 e. The summed E-state index contributed by atoms with van der Waals surface area (Å²) >= 11 is 0. The summed E-state index contributed by atoms with van der Waals surface area (Å²) in [7, 11) is 1.55. The van der Waals surface area contributed by atoms with E-state index in [0.717, 1.165) is 5.56 Å². The lowest BCUT2D eigenvalue weighted by molar-refractivity contribution is -0.135. The van der Waals surface area contributed by atoms with Gasteiger partial charge in [-0.1, -0.05) is 25.1 Å². The van der Waals surface area contributed by atoms with Gasteiger partial charge < -0.3 is 19.5 Å². The lowest BCUT2D eigenvalue weighted by Gasteiger charge is -2.17. The number of amides is 2. The molecule has 2 amide bonds. The molecule has 26 heavy (non-hydrogen) atoms. The number of hydrogen-bond acceptors (Lipinski definition) is 5. The average molecular weight is 359 g/mol. The Morgan fingerprint density at radius 3 is 2.58 bits per heavy atom. The monoisotopic (exact) mass is 359 g/mol. The lowest BCUT2D eigenvalue weighted by Crippen LogP contribution is -2.37. The van der Waals surface area contributed by atoms with Crippen LogP contribution in [-0.2, 0) is 9.59 Å². The zero-order valence-corrected chi connectivity index (χ0v) is 15.8.